The van der Waals surface area contributed by atoms with E-state index in [9.17, 15) is 4.79 Å². The van der Waals surface area contributed by atoms with Gasteiger partial charge in [-0.3, -0.25) is 9.78 Å². The summed E-state index contributed by atoms with van der Waals surface area (Å²) in [7, 11) is 0. The van der Waals surface area contributed by atoms with Gasteiger partial charge < -0.3 is 19.9 Å². The van der Waals surface area contributed by atoms with Gasteiger partial charge in [-0.15, -0.1) is 0 Å². The number of amides is 1. The number of morpholine rings is 1. The van der Waals surface area contributed by atoms with Gasteiger partial charge in [-0.2, -0.15) is 0 Å². The maximum absolute atomic E-state index is 13.1. The van der Waals surface area contributed by atoms with Crippen molar-refractivity contribution in [3.8, 4) is 0 Å². The molecule has 158 valence electrons. The van der Waals surface area contributed by atoms with Gasteiger partial charge in [0, 0.05) is 29.7 Å². The second-order valence-corrected chi connectivity index (χ2v) is 7.63. The first-order valence-electron chi connectivity index (χ1n) is 10.3. The van der Waals surface area contributed by atoms with Crippen molar-refractivity contribution in [3.63, 3.8) is 0 Å². The normalized spacial score (nSPS) is 15.4. The van der Waals surface area contributed by atoms with Crippen LogP contribution in [0.1, 0.15) is 34.7 Å². The van der Waals surface area contributed by atoms with E-state index in [1.54, 1.807) is 6.33 Å². The summed E-state index contributed by atoms with van der Waals surface area (Å²) in [6, 6.07) is 7.75. The van der Waals surface area contributed by atoms with E-state index in [1.807, 2.05) is 43.0 Å². The summed E-state index contributed by atoms with van der Waals surface area (Å²) in [4.78, 5) is 35.5. The molecule has 1 fully saturated rings. The number of aryl methyl sites for hydroxylation is 1. The van der Waals surface area contributed by atoms with Crippen LogP contribution in [0.25, 0.3) is 21.9 Å². The number of hydrogen-bond acceptors (Lipinski definition) is 7. The van der Waals surface area contributed by atoms with E-state index in [0.29, 0.717) is 43.3 Å². The summed E-state index contributed by atoms with van der Waals surface area (Å²) in [5.74, 6) is 0.700. The van der Waals surface area contributed by atoms with Gasteiger partial charge in [-0.1, -0.05) is 12.1 Å². The van der Waals surface area contributed by atoms with E-state index in [-0.39, 0.29) is 11.9 Å². The van der Waals surface area contributed by atoms with Gasteiger partial charge >= 0.3 is 0 Å². The second-order valence-electron chi connectivity index (χ2n) is 7.63. The summed E-state index contributed by atoms with van der Waals surface area (Å²) in [5, 5.41) is 5.28. The molecule has 9 heteroatoms. The van der Waals surface area contributed by atoms with Crippen LogP contribution in [0.2, 0.25) is 0 Å². The molecule has 4 heterocycles. The summed E-state index contributed by atoms with van der Waals surface area (Å²) >= 11 is 0. The van der Waals surface area contributed by atoms with Crippen LogP contribution in [0.3, 0.4) is 0 Å². The molecule has 1 saturated heterocycles. The van der Waals surface area contributed by atoms with Crippen LogP contribution in [-0.4, -0.2) is 62.0 Å². The van der Waals surface area contributed by atoms with Crippen LogP contribution in [0.15, 0.2) is 36.9 Å². The molecule has 1 aliphatic rings. The maximum Gasteiger partial charge on any atom is 0.254 e. The van der Waals surface area contributed by atoms with Crippen LogP contribution in [0.4, 0.5) is 5.82 Å². The Labute approximate surface area is 178 Å². The Morgan fingerprint density at radius 1 is 1.23 bits per heavy atom. The number of carbonyl (C=O) groups is 1. The molecule has 0 spiro atoms. The number of H-pyrrole nitrogens is 1. The van der Waals surface area contributed by atoms with Crippen molar-refractivity contribution in [1.82, 2.24) is 29.8 Å². The van der Waals surface area contributed by atoms with E-state index < -0.39 is 0 Å². The molecule has 0 aliphatic carbocycles. The number of nitrogens with one attached hydrogen (secondary N) is 2. The lowest BCUT2D eigenvalue weighted by atomic mass is 10.0. The third-order valence-electron chi connectivity index (χ3n) is 5.61. The van der Waals surface area contributed by atoms with Crippen molar-refractivity contribution < 1.29 is 9.53 Å². The zero-order chi connectivity index (χ0) is 21.4. The number of imidazole rings is 1. The Hall–Kier alpha value is -3.59. The Balaban J connectivity index is 1.48. The fourth-order valence-electron chi connectivity index (χ4n) is 4.03. The topological polar surface area (TPSA) is 109 Å². The van der Waals surface area contributed by atoms with E-state index in [2.05, 4.69) is 25.3 Å². The first-order chi connectivity index (χ1) is 15.1. The molecule has 0 saturated carbocycles. The van der Waals surface area contributed by atoms with Gasteiger partial charge in [0.25, 0.3) is 5.91 Å². The largest absolute Gasteiger partial charge is 0.378 e. The van der Waals surface area contributed by atoms with Crippen LogP contribution in [0, 0.1) is 6.92 Å². The predicted octanol–water partition coefficient (Wildman–Crippen LogP) is 2.86. The third kappa shape index (κ3) is 3.57. The van der Waals surface area contributed by atoms with Crippen molar-refractivity contribution in [2.75, 3.05) is 31.6 Å². The number of anilines is 1. The van der Waals surface area contributed by atoms with Crippen molar-refractivity contribution in [2.24, 2.45) is 0 Å². The van der Waals surface area contributed by atoms with Crippen LogP contribution < -0.4 is 5.32 Å². The van der Waals surface area contributed by atoms with Crippen LogP contribution in [0.5, 0.6) is 0 Å². The average Bonchev–Trinajstić information content (AvgIpc) is 3.28. The monoisotopic (exact) mass is 417 g/mol. The Kier molecular flexibility index (Phi) is 4.95. The molecule has 0 bridgehead atoms. The minimum atomic E-state index is -0.108. The smallest absolute Gasteiger partial charge is 0.254 e. The summed E-state index contributed by atoms with van der Waals surface area (Å²) in [5.41, 5.74) is 3.75. The number of ether oxygens (including phenoxy) is 1. The van der Waals surface area contributed by atoms with Crippen LogP contribution in [-0.2, 0) is 4.74 Å². The van der Waals surface area contributed by atoms with Gasteiger partial charge in [-0.25, -0.2) is 15.0 Å². The van der Waals surface area contributed by atoms with E-state index in [1.165, 1.54) is 6.33 Å². The molecule has 1 aliphatic heterocycles. The number of fused-ring (bicyclic) bond motifs is 2. The lowest BCUT2D eigenvalue weighted by Crippen LogP contribution is -2.40. The fourth-order valence-corrected chi connectivity index (χ4v) is 4.03. The Morgan fingerprint density at radius 2 is 2.06 bits per heavy atom. The molecule has 0 unspecified atom stereocenters. The highest BCUT2D eigenvalue weighted by molar-refractivity contribution is 6.08. The number of pyridine rings is 1. The molecule has 0 radical (unpaired) electrons. The Morgan fingerprint density at radius 3 is 2.90 bits per heavy atom. The first-order valence-corrected chi connectivity index (χ1v) is 10.3. The zero-order valence-corrected chi connectivity index (χ0v) is 17.4. The lowest BCUT2D eigenvalue weighted by Gasteiger charge is -2.27. The second kappa shape index (κ2) is 7.92. The highest BCUT2D eigenvalue weighted by atomic mass is 16.5. The standard InChI is InChI=1S/C22H23N7O2/c1-13(28-21-19-20(24-11-23-19)25-12-26-21)17-10-15-4-3-5-16(18(15)14(2)27-17)22(30)29-6-8-31-9-7-29/h3-5,10-13H,6-9H2,1-2H3,(H2,23,24,25,26,28)/t13-/m0/s1. The number of aromatic amines is 1. The number of benzene rings is 1. The Bertz CT molecular complexity index is 1260. The van der Waals surface area contributed by atoms with E-state index in [4.69, 9.17) is 9.72 Å². The number of nitrogens with zero attached hydrogens (tertiary/aromatic N) is 5. The van der Waals surface area contributed by atoms with Gasteiger partial charge in [-0.05, 0) is 31.4 Å². The number of hydrogen-bond donors (Lipinski definition) is 2. The van der Waals surface area contributed by atoms with Crippen molar-refractivity contribution in [1.29, 1.82) is 0 Å². The lowest BCUT2D eigenvalue weighted by molar-refractivity contribution is 0.0304. The summed E-state index contributed by atoms with van der Waals surface area (Å²) in [6.07, 6.45) is 3.08. The minimum absolute atomic E-state index is 0.0281. The number of aromatic nitrogens is 5. The van der Waals surface area contributed by atoms with Crippen LogP contribution >= 0.6 is 0 Å². The zero-order valence-electron chi connectivity index (χ0n) is 17.4. The average molecular weight is 417 g/mol. The molecular weight excluding hydrogens is 394 g/mol. The molecule has 2 N–H and O–H groups in total. The summed E-state index contributed by atoms with van der Waals surface area (Å²) in [6.45, 7) is 6.36. The quantitative estimate of drug-likeness (QED) is 0.525. The SMILES string of the molecule is Cc1nc([C@H](C)Nc2ncnc3nc[nH]c23)cc2cccc(C(=O)N3CCOCC3)c12. The molecule has 1 aromatic carbocycles. The first kappa shape index (κ1) is 19.4. The molecular formula is C22H23N7O2. The van der Waals surface area contributed by atoms with Gasteiger partial charge in [0.2, 0.25) is 0 Å². The third-order valence-corrected chi connectivity index (χ3v) is 5.61. The van der Waals surface area contributed by atoms with Crippen molar-refractivity contribution in [2.45, 2.75) is 19.9 Å². The highest BCUT2D eigenvalue weighted by Crippen LogP contribution is 2.28. The van der Waals surface area contributed by atoms with E-state index in [0.717, 1.165) is 27.7 Å². The molecule has 9 nitrogen and oxygen atoms in total. The minimum Gasteiger partial charge on any atom is -0.378 e. The van der Waals surface area contributed by atoms with Crippen molar-refractivity contribution in [3.05, 3.63) is 53.9 Å². The molecule has 5 rings (SSSR count). The molecule has 1 atom stereocenters. The van der Waals surface area contributed by atoms with Gasteiger partial charge in [0.15, 0.2) is 11.5 Å². The van der Waals surface area contributed by atoms with Crippen molar-refractivity contribution >= 4 is 33.7 Å². The maximum atomic E-state index is 13.1. The number of carbonyl (C=O) groups excluding carboxylic acids is 1. The van der Waals surface area contributed by atoms with Gasteiger partial charge in [0.05, 0.1) is 31.3 Å². The van der Waals surface area contributed by atoms with Gasteiger partial charge in [0.1, 0.15) is 11.8 Å². The molecule has 4 aromatic rings. The van der Waals surface area contributed by atoms with E-state index >= 15 is 0 Å². The fraction of sp³-hybridized carbons (Fsp3) is 0.318. The predicted molar refractivity (Wildman–Crippen MR) is 117 cm³/mol. The highest BCUT2D eigenvalue weighted by Gasteiger charge is 2.22. The molecule has 3 aromatic heterocycles. The molecule has 1 amide bonds. The molecule has 31 heavy (non-hydrogen) atoms. The number of rotatable bonds is 4. The summed E-state index contributed by atoms with van der Waals surface area (Å²) < 4.78 is 5.38.